The van der Waals surface area contributed by atoms with Crippen LogP contribution in [0.3, 0.4) is 0 Å². The molecule has 0 amide bonds. The molecule has 1 heterocycles. The van der Waals surface area contributed by atoms with Crippen molar-refractivity contribution in [2.75, 3.05) is 26.1 Å². The van der Waals surface area contributed by atoms with Crippen LogP contribution in [0.1, 0.15) is 16.8 Å². The molecule has 0 spiro atoms. The third-order valence-corrected chi connectivity index (χ3v) is 3.44. The van der Waals surface area contributed by atoms with Gasteiger partial charge in [0.25, 0.3) is 0 Å². The summed E-state index contributed by atoms with van der Waals surface area (Å²) in [7, 11) is 3.17. The van der Waals surface area contributed by atoms with Gasteiger partial charge in [0.15, 0.2) is 0 Å². The van der Waals surface area contributed by atoms with E-state index in [9.17, 15) is 13.2 Å². The fourth-order valence-electron chi connectivity index (χ4n) is 2.45. The van der Waals surface area contributed by atoms with Crippen molar-refractivity contribution in [1.82, 2.24) is 4.98 Å². The fraction of sp³-hybridized carbons (Fsp3) is 0.400. The van der Waals surface area contributed by atoms with Gasteiger partial charge in [-0.3, -0.25) is 0 Å². The highest BCUT2D eigenvalue weighted by Gasteiger charge is 2.36. The number of nitrogens with one attached hydrogen (secondary N) is 1. The molecule has 2 aromatic rings. The molecule has 0 unspecified atom stereocenters. The standard InChI is InChI=1S/C15H17F3N2O/c1-9-12(19-2)11-6-4-5-10(7-8-21-3)13(11)20-14(9)15(16,17)18/h4-6H,7-8H2,1-3H3,(H,19,20). The smallest absolute Gasteiger partial charge is 0.387 e. The minimum atomic E-state index is -4.47. The number of hydrogen-bond acceptors (Lipinski definition) is 3. The SMILES string of the molecule is CNc1c(C)c(C(F)(F)F)nc2c(CCOC)cccc12. The first kappa shape index (κ1) is 15.6. The molecular formula is C15H17F3N2O. The van der Waals surface area contributed by atoms with Gasteiger partial charge in [-0.05, 0) is 18.9 Å². The van der Waals surface area contributed by atoms with Crippen molar-refractivity contribution in [3.63, 3.8) is 0 Å². The molecule has 0 saturated heterocycles. The lowest BCUT2D eigenvalue weighted by Crippen LogP contribution is -2.13. The van der Waals surface area contributed by atoms with Gasteiger partial charge in [0.05, 0.1) is 12.1 Å². The Labute approximate surface area is 121 Å². The van der Waals surface area contributed by atoms with E-state index in [0.29, 0.717) is 29.6 Å². The van der Waals surface area contributed by atoms with Gasteiger partial charge in [-0.25, -0.2) is 4.98 Å². The number of nitrogens with zero attached hydrogens (tertiary/aromatic N) is 1. The third kappa shape index (κ3) is 2.95. The number of rotatable bonds is 4. The Kier molecular flexibility index (Phi) is 4.37. The van der Waals surface area contributed by atoms with Crippen LogP contribution >= 0.6 is 0 Å². The van der Waals surface area contributed by atoms with Gasteiger partial charge in [0, 0.05) is 30.8 Å². The molecule has 0 aliphatic carbocycles. The third-order valence-electron chi connectivity index (χ3n) is 3.44. The first-order valence-corrected chi connectivity index (χ1v) is 6.56. The van der Waals surface area contributed by atoms with Crippen LogP contribution < -0.4 is 5.32 Å². The van der Waals surface area contributed by atoms with Crippen LogP contribution in [0.25, 0.3) is 10.9 Å². The number of para-hydroxylation sites is 1. The molecule has 3 nitrogen and oxygen atoms in total. The fourth-order valence-corrected chi connectivity index (χ4v) is 2.45. The van der Waals surface area contributed by atoms with Gasteiger partial charge >= 0.3 is 6.18 Å². The summed E-state index contributed by atoms with van der Waals surface area (Å²) in [5.74, 6) is 0. The van der Waals surface area contributed by atoms with E-state index < -0.39 is 11.9 Å². The van der Waals surface area contributed by atoms with Crippen LogP contribution in [0.15, 0.2) is 18.2 Å². The Balaban J connectivity index is 2.76. The molecule has 2 rings (SSSR count). The molecule has 114 valence electrons. The summed E-state index contributed by atoms with van der Waals surface area (Å²) in [6.07, 6.45) is -3.96. The lowest BCUT2D eigenvalue weighted by molar-refractivity contribution is -0.141. The molecule has 21 heavy (non-hydrogen) atoms. The largest absolute Gasteiger partial charge is 0.433 e. The topological polar surface area (TPSA) is 34.2 Å². The Morgan fingerprint density at radius 3 is 2.57 bits per heavy atom. The van der Waals surface area contributed by atoms with Crippen molar-refractivity contribution in [2.45, 2.75) is 19.5 Å². The molecule has 0 saturated carbocycles. The van der Waals surface area contributed by atoms with Crippen molar-refractivity contribution in [1.29, 1.82) is 0 Å². The van der Waals surface area contributed by atoms with E-state index in [2.05, 4.69) is 10.3 Å². The van der Waals surface area contributed by atoms with E-state index in [4.69, 9.17) is 4.74 Å². The number of pyridine rings is 1. The number of methoxy groups -OCH3 is 1. The zero-order valence-corrected chi connectivity index (χ0v) is 12.1. The summed E-state index contributed by atoms with van der Waals surface area (Å²) in [6.45, 7) is 1.87. The van der Waals surface area contributed by atoms with Crippen LogP contribution in [0, 0.1) is 6.92 Å². The van der Waals surface area contributed by atoms with Gasteiger partial charge in [0.1, 0.15) is 5.69 Å². The number of fused-ring (bicyclic) bond motifs is 1. The minimum Gasteiger partial charge on any atom is -0.387 e. The number of ether oxygens (including phenoxy) is 1. The van der Waals surface area contributed by atoms with Crippen molar-refractivity contribution >= 4 is 16.6 Å². The summed E-state index contributed by atoms with van der Waals surface area (Å²) in [5, 5.41) is 3.55. The molecule has 0 fully saturated rings. The summed E-state index contributed by atoms with van der Waals surface area (Å²) in [5.41, 5.74) is 0.852. The number of benzene rings is 1. The molecular weight excluding hydrogens is 281 g/mol. The van der Waals surface area contributed by atoms with Crippen LogP contribution in [0.5, 0.6) is 0 Å². The zero-order valence-electron chi connectivity index (χ0n) is 12.1. The summed E-state index contributed by atoms with van der Waals surface area (Å²) < 4.78 is 44.5. The molecule has 0 atom stereocenters. The van der Waals surface area contributed by atoms with Gasteiger partial charge in [-0.1, -0.05) is 18.2 Å². The molecule has 1 N–H and O–H groups in total. The highest BCUT2D eigenvalue weighted by Crippen LogP contribution is 2.37. The van der Waals surface area contributed by atoms with Crippen LogP contribution in [-0.4, -0.2) is 25.7 Å². The average molecular weight is 298 g/mol. The van der Waals surface area contributed by atoms with Crippen LogP contribution in [0.4, 0.5) is 18.9 Å². The Morgan fingerprint density at radius 2 is 2.00 bits per heavy atom. The number of anilines is 1. The molecule has 6 heteroatoms. The first-order valence-electron chi connectivity index (χ1n) is 6.56. The van der Waals surface area contributed by atoms with Crippen LogP contribution in [-0.2, 0) is 17.3 Å². The highest BCUT2D eigenvalue weighted by molar-refractivity contribution is 5.95. The highest BCUT2D eigenvalue weighted by atomic mass is 19.4. The monoisotopic (exact) mass is 298 g/mol. The number of alkyl halides is 3. The van der Waals surface area contributed by atoms with Crippen molar-refractivity contribution in [3.8, 4) is 0 Å². The van der Waals surface area contributed by atoms with E-state index in [1.54, 1.807) is 26.3 Å². The van der Waals surface area contributed by atoms with E-state index in [1.807, 2.05) is 6.07 Å². The second-order valence-electron chi connectivity index (χ2n) is 4.76. The minimum absolute atomic E-state index is 0.112. The summed E-state index contributed by atoms with van der Waals surface area (Å²) >= 11 is 0. The second kappa shape index (κ2) is 5.89. The molecule has 0 radical (unpaired) electrons. The maximum absolute atomic E-state index is 13.2. The molecule has 0 aliphatic rings. The summed E-state index contributed by atoms with van der Waals surface area (Å²) in [6, 6.07) is 5.38. The van der Waals surface area contributed by atoms with E-state index >= 15 is 0 Å². The number of halogens is 3. The van der Waals surface area contributed by atoms with Crippen molar-refractivity contribution in [3.05, 3.63) is 35.0 Å². The van der Waals surface area contributed by atoms with Gasteiger partial charge in [0.2, 0.25) is 0 Å². The first-order chi connectivity index (χ1) is 9.90. The maximum Gasteiger partial charge on any atom is 0.433 e. The van der Waals surface area contributed by atoms with Gasteiger partial charge < -0.3 is 10.1 Å². The van der Waals surface area contributed by atoms with E-state index in [1.165, 1.54) is 6.92 Å². The predicted molar refractivity (Wildman–Crippen MR) is 76.6 cm³/mol. The van der Waals surface area contributed by atoms with Crippen LogP contribution in [0.2, 0.25) is 0 Å². The zero-order chi connectivity index (χ0) is 15.6. The Hall–Kier alpha value is -1.82. The lowest BCUT2D eigenvalue weighted by atomic mass is 10.0. The average Bonchev–Trinajstić information content (AvgIpc) is 2.43. The second-order valence-corrected chi connectivity index (χ2v) is 4.76. The van der Waals surface area contributed by atoms with Crippen molar-refractivity contribution in [2.24, 2.45) is 0 Å². The number of hydrogen-bond donors (Lipinski definition) is 1. The number of aromatic nitrogens is 1. The normalized spacial score (nSPS) is 11.9. The molecule has 1 aromatic carbocycles. The molecule has 1 aromatic heterocycles. The van der Waals surface area contributed by atoms with Gasteiger partial charge in [-0.2, -0.15) is 13.2 Å². The quantitative estimate of drug-likeness (QED) is 0.932. The molecule has 0 aliphatic heterocycles. The predicted octanol–water partition coefficient (Wildman–Crippen LogP) is 3.79. The molecule has 0 bridgehead atoms. The van der Waals surface area contributed by atoms with E-state index in [0.717, 1.165) is 5.56 Å². The van der Waals surface area contributed by atoms with Crippen molar-refractivity contribution < 1.29 is 17.9 Å². The summed E-state index contributed by atoms with van der Waals surface area (Å²) in [4.78, 5) is 3.89. The van der Waals surface area contributed by atoms with Gasteiger partial charge in [-0.15, -0.1) is 0 Å². The Morgan fingerprint density at radius 1 is 1.29 bits per heavy atom. The van der Waals surface area contributed by atoms with E-state index in [-0.39, 0.29) is 5.56 Å². The maximum atomic E-state index is 13.2. The lowest BCUT2D eigenvalue weighted by Gasteiger charge is -2.17. The Bertz CT molecular complexity index is 653.